The molecule has 0 amide bonds. The lowest BCUT2D eigenvalue weighted by molar-refractivity contribution is 0.104. The number of hydrogen-bond acceptors (Lipinski definition) is 5. The maximum absolute atomic E-state index is 12.2. The Balaban J connectivity index is 2.29. The van der Waals surface area contributed by atoms with Crippen molar-refractivity contribution in [3.8, 4) is 0 Å². The van der Waals surface area contributed by atoms with Crippen LogP contribution in [0.4, 0.5) is 5.82 Å². The molecule has 0 fully saturated rings. The minimum Gasteiger partial charge on any atom is -0.354 e. The first-order valence-corrected chi connectivity index (χ1v) is 6.12. The average molecular weight is 247 g/mol. The number of nitrogens with two attached hydrogens (primary N) is 1. The first-order chi connectivity index (χ1) is 8.18. The number of ketones is 1. The van der Waals surface area contributed by atoms with E-state index >= 15 is 0 Å². The Morgan fingerprint density at radius 1 is 1.41 bits per heavy atom. The van der Waals surface area contributed by atoms with Gasteiger partial charge < -0.3 is 11.1 Å². The van der Waals surface area contributed by atoms with E-state index in [1.807, 2.05) is 18.2 Å². The van der Waals surface area contributed by atoms with Crippen LogP contribution in [0.25, 0.3) is 0 Å². The Kier molecular flexibility index (Phi) is 3.51. The van der Waals surface area contributed by atoms with Gasteiger partial charge in [0.25, 0.3) is 0 Å². The number of rotatable bonds is 4. The van der Waals surface area contributed by atoms with Gasteiger partial charge in [0.1, 0.15) is 10.7 Å². The second-order valence-electron chi connectivity index (χ2n) is 3.66. The molecule has 0 radical (unpaired) electrons. The average Bonchev–Trinajstić information content (AvgIpc) is 2.76. The van der Waals surface area contributed by atoms with Crippen LogP contribution in [0.5, 0.6) is 0 Å². The number of thiazole rings is 1. The standard InChI is InChI=1S/C12H13N3OS/c1-8(13)15-12-11(17-7-14-12)10(16)9-5-3-2-4-6-9/h2-8,15H,13H2,1H3. The number of benzene rings is 1. The number of nitrogens with one attached hydrogen (secondary N) is 1. The molecule has 0 aliphatic heterocycles. The van der Waals surface area contributed by atoms with Gasteiger partial charge in [-0.1, -0.05) is 30.3 Å². The Bertz CT molecular complexity index is 507. The van der Waals surface area contributed by atoms with Crippen LogP contribution >= 0.6 is 11.3 Å². The summed E-state index contributed by atoms with van der Waals surface area (Å²) in [4.78, 5) is 16.9. The Morgan fingerprint density at radius 3 is 2.76 bits per heavy atom. The van der Waals surface area contributed by atoms with E-state index in [9.17, 15) is 4.79 Å². The number of aromatic nitrogens is 1. The summed E-state index contributed by atoms with van der Waals surface area (Å²) in [6.45, 7) is 1.80. The highest BCUT2D eigenvalue weighted by Crippen LogP contribution is 2.22. The molecule has 2 aromatic rings. The van der Waals surface area contributed by atoms with Crippen molar-refractivity contribution in [2.75, 3.05) is 5.32 Å². The molecule has 5 heteroatoms. The molecular formula is C12H13N3OS. The van der Waals surface area contributed by atoms with Gasteiger partial charge in [0, 0.05) is 5.56 Å². The molecule has 4 nitrogen and oxygen atoms in total. The van der Waals surface area contributed by atoms with Crippen LogP contribution < -0.4 is 11.1 Å². The normalized spacial score (nSPS) is 12.1. The fourth-order valence-corrected chi connectivity index (χ4v) is 2.16. The zero-order valence-corrected chi connectivity index (χ0v) is 10.2. The van der Waals surface area contributed by atoms with Gasteiger partial charge in [-0.25, -0.2) is 4.98 Å². The third-order valence-electron chi connectivity index (χ3n) is 2.17. The fourth-order valence-electron chi connectivity index (χ4n) is 1.45. The molecule has 0 saturated heterocycles. The molecule has 1 heterocycles. The van der Waals surface area contributed by atoms with Gasteiger partial charge in [0.2, 0.25) is 5.78 Å². The smallest absolute Gasteiger partial charge is 0.206 e. The second-order valence-corrected chi connectivity index (χ2v) is 4.51. The zero-order chi connectivity index (χ0) is 12.3. The largest absolute Gasteiger partial charge is 0.354 e. The summed E-state index contributed by atoms with van der Waals surface area (Å²) >= 11 is 1.32. The minimum absolute atomic E-state index is 0.0312. The van der Waals surface area contributed by atoms with E-state index in [-0.39, 0.29) is 11.9 Å². The predicted octanol–water partition coefficient (Wildman–Crippen LogP) is 2.09. The third-order valence-corrected chi connectivity index (χ3v) is 3.00. The molecule has 88 valence electrons. The summed E-state index contributed by atoms with van der Waals surface area (Å²) in [6.07, 6.45) is -0.237. The van der Waals surface area contributed by atoms with Crippen LogP contribution in [0.3, 0.4) is 0 Å². The number of carbonyl (C=O) groups is 1. The van der Waals surface area contributed by atoms with Crippen LogP contribution in [0, 0.1) is 0 Å². The molecule has 0 saturated carbocycles. The van der Waals surface area contributed by atoms with E-state index < -0.39 is 0 Å². The van der Waals surface area contributed by atoms with E-state index in [0.29, 0.717) is 16.3 Å². The molecule has 3 N–H and O–H groups in total. The maximum Gasteiger partial charge on any atom is 0.206 e. The van der Waals surface area contributed by atoms with Gasteiger partial charge in [-0.15, -0.1) is 11.3 Å². The summed E-state index contributed by atoms with van der Waals surface area (Å²) in [5.74, 6) is 0.523. The van der Waals surface area contributed by atoms with Crippen molar-refractivity contribution >= 4 is 22.9 Å². The zero-order valence-electron chi connectivity index (χ0n) is 9.38. The molecule has 17 heavy (non-hydrogen) atoms. The molecule has 0 aliphatic carbocycles. The number of anilines is 1. The molecule has 1 unspecified atom stereocenters. The summed E-state index contributed by atoms with van der Waals surface area (Å²) in [6, 6.07) is 9.14. The summed E-state index contributed by atoms with van der Waals surface area (Å²) < 4.78 is 0. The Labute approximate surface area is 103 Å². The van der Waals surface area contributed by atoms with Crippen LogP contribution in [-0.4, -0.2) is 16.9 Å². The lowest BCUT2D eigenvalue weighted by Gasteiger charge is -2.08. The van der Waals surface area contributed by atoms with Crippen LogP contribution in [-0.2, 0) is 0 Å². The highest BCUT2D eigenvalue weighted by atomic mass is 32.1. The fraction of sp³-hybridized carbons (Fsp3) is 0.167. The number of hydrogen-bond donors (Lipinski definition) is 2. The number of carbonyl (C=O) groups excluding carboxylic acids is 1. The van der Waals surface area contributed by atoms with E-state index in [1.54, 1.807) is 24.6 Å². The van der Waals surface area contributed by atoms with Crippen LogP contribution in [0.1, 0.15) is 22.2 Å². The van der Waals surface area contributed by atoms with Gasteiger partial charge in [-0.2, -0.15) is 0 Å². The van der Waals surface area contributed by atoms with Crippen molar-refractivity contribution in [2.45, 2.75) is 13.1 Å². The molecule has 0 bridgehead atoms. The quantitative estimate of drug-likeness (QED) is 0.641. The van der Waals surface area contributed by atoms with Gasteiger partial charge in [0.15, 0.2) is 0 Å². The first kappa shape index (κ1) is 11.8. The third kappa shape index (κ3) is 2.69. The molecule has 1 aromatic carbocycles. The van der Waals surface area contributed by atoms with E-state index in [4.69, 9.17) is 5.73 Å². The van der Waals surface area contributed by atoms with Crippen molar-refractivity contribution in [1.29, 1.82) is 0 Å². The van der Waals surface area contributed by atoms with E-state index in [1.165, 1.54) is 11.3 Å². The van der Waals surface area contributed by atoms with Crippen molar-refractivity contribution in [3.05, 3.63) is 46.3 Å². The molecule has 1 atom stereocenters. The van der Waals surface area contributed by atoms with Gasteiger partial charge in [0.05, 0.1) is 11.7 Å². The summed E-state index contributed by atoms with van der Waals surface area (Å²) in [7, 11) is 0. The molecule has 0 spiro atoms. The topological polar surface area (TPSA) is 68.0 Å². The highest BCUT2D eigenvalue weighted by Gasteiger charge is 2.16. The SMILES string of the molecule is CC(N)Nc1ncsc1C(=O)c1ccccc1. The molecule has 2 rings (SSSR count). The number of nitrogens with zero attached hydrogens (tertiary/aromatic N) is 1. The van der Waals surface area contributed by atoms with Crippen molar-refractivity contribution < 1.29 is 4.79 Å². The lowest BCUT2D eigenvalue weighted by atomic mass is 10.1. The minimum atomic E-state index is -0.237. The molecular weight excluding hydrogens is 234 g/mol. The van der Waals surface area contributed by atoms with E-state index in [2.05, 4.69) is 10.3 Å². The molecule has 0 aliphatic rings. The highest BCUT2D eigenvalue weighted by molar-refractivity contribution is 7.12. The van der Waals surface area contributed by atoms with E-state index in [0.717, 1.165) is 0 Å². The summed E-state index contributed by atoms with van der Waals surface area (Å²) in [5.41, 5.74) is 7.93. The van der Waals surface area contributed by atoms with Gasteiger partial charge >= 0.3 is 0 Å². The van der Waals surface area contributed by atoms with Gasteiger partial charge in [-0.05, 0) is 6.92 Å². The predicted molar refractivity (Wildman–Crippen MR) is 69.3 cm³/mol. The lowest BCUT2D eigenvalue weighted by Crippen LogP contribution is -2.26. The first-order valence-electron chi connectivity index (χ1n) is 5.24. The summed E-state index contributed by atoms with van der Waals surface area (Å²) in [5, 5.41) is 2.96. The van der Waals surface area contributed by atoms with Gasteiger partial charge in [-0.3, -0.25) is 4.79 Å². The monoisotopic (exact) mass is 247 g/mol. The van der Waals surface area contributed by atoms with Crippen molar-refractivity contribution in [1.82, 2.24) is 4.98 Å². The maximum atomic E-state index is 12.2. The van der Waals surface area contributed by atoms with Crippen LogP contribution in [0.15, 0.2) is 35.8 Å². The van der Waals surface area contributed by atoms with Crippen molar-refractivity contribution in [2.24, 2.45) is 5.73 Å². The molecule has 1 aromatic heterocycles. The Hall–Kier alpha value is -1.72. The van der Waals surface area contributed by atoms with Crippen molar-refractivity contribution in [3.63, 3.8) is 0 Å². The van der Waals surface area contributed by atoms with Crippen LogP contribution in [0.2, 0.25) is 0 Å². The Morgan fingerprint density at radius 2 is 2.12 bits per heavy atom. The second kappa shape index (κ2) is 5.07.